The van der Waals surface area contributed by atoms with E-state index in [1.54, 1.807) is 20.9 Å². The summed E-state index contributed by atoms with van der Waals surface area (Å²) in [7, 11) is 1.68. The van der Waals surface area contributed by atoms with Crippen LogP contribution in [0, 0.1) is 5.92 Å². The van der Waals surface area contributed by atoms with Crippen LogP contribution in [0.1, 0.15) is 46.5 Å². The van der Waals surface area contributed by atoms with Gasteiger partial charge < -0.3 is 20.1 Å². The van der Waals surface area contributed by atoms with Crippen molar-refractivity contribution in [3.05, 3.63) is 0 Å². The van der Waals surface area contributed by atoms with Crippen molar-refractivity contribution in [2.45, 2.75) is 58.2 Å². The first kappa shape index (κ1) is 17.2. The third-order valence-electron chi connectivity index (χ3n) is 3.71. The average molecular weight is 286 g/mol. The first-order chi connectivity index (χ1) is 9.29. The Morgan fingerprint density at radius 1 is 1.40 bits per heavy atom. The number of carbonyl (C=O) groups excluding carboxylic acids is 1. The fourth-order valence-electron chi connectivity index (χ4n) is 2.69. The SMILES string of the molecule is C[C@@H]1CCCC[C@@H]1OCCNC(=O)N(C)CC(C)(C)O. The standard InChI is InChI=1S/C15H30N2O3/c1-12-7-5-6-8-13(12)20-10-9-16-14(18)17(4)11-15(2,3)19/h12-13,19H,5-11H2,1-4H3,(H,16,18)/t12-,13+/m1/s1. The average Bonchev–Trinajstić information content (AvgIpc) is 2.34. The summed E-state index contributed by atoms with van der Waals surface area (Å²) in [5.41, 5.74) is -0.875. The Bertz CT molecular complexity index is 302. The highest BCUT2D eigenvalue weighted by Crippen LogP contribution is 2.25. The second-order valence-electron chi connectivity index (χ2n) is 6.57. The molecule has 1 saturated carbocycles. The largest absolute Gasteiger partial charge is 0.389 e. The lowest BCUT2D eigenvalue weighted by Gasteiger charge is -2.29. The molecule has 0 bridgehead atoms. The van der Waals surface area contributed by atoms with Crippen molar-refractivity contribution in [2.24, 2.45) is 5.92 Å². The van der Waals surface area contributed by atoms with Crippen LogP contribution in [0.3, 0.4) is 0 Å². The van der Waals surface area contributed by atoms with E-state index in [2.05, 4.69) is 12.2 Å². The number of urea groups is 1. The maximum atomic E-state index is 11.8. The number of rotatable bonds is 6. The van der Waals surface area contributed by atoms with E-state index in [9.17, 15) is 9.90 Å². The highest BCUT2D eigenvalue weighted by Gasteiger charge is 2.22. The lowest BCUT2D eigenvalue weighted by Crippen LogP contribution is -2.45. The highest BCUT2D eigenvalue weighted by molar-refractivity contribution is 5.73. The summed E-state index contributed by atoms with van der Waals surface area (Å²) in [6.07, 6.45) is 5.27. The molecule has 20 heavy (non-hydrogen) atoms. The van der Waals surface area contributed by atoms with Crippen molar-refractivity contribution in [3.63, 3.8) is 0 Å². The number of hydrogen-bond donors (Lipinski definition) is 2. The van der Waals surface area contributed by atoms with Crippen LogP contribution < -0.4 is 5.32 Å². The fraction of sp³-hybridized carbons (Fsp3) is 0.933. The molecule has 1 fully saturated rings. The van der Waals surface area contributed by atoms with E-state index in [0.717, 1.165) is 6.42 Å². The van der Waals surface area contributed by atoms with Gasteiger partial charge in [0.1, 0.15) is 0 Å². The van der Waals surface area contributed by atoms with E-state index in [1.165, 1.54) is 24.2 Å². The lowest BCUT2D eigenvalue weighted by molar-refractivity contribution is -0.00294. The molecule has 1 aliphatic rings. The summed E-state index contributed by atoms with van der Waals surface area (Å²) in [6.45, 7) is 6.98. The lowest BCUT2D eigenvalue weighted by atomic mass is 9.88. The second-order valence-corrected chi connectivity index (χ2v) is 6.57. The summed E-state index contributed by atoms with van der Waals surface area (Å²) >= 11 is 0. The first-order valence-corrected chi connectivity index (χ1v) is 7.62. The van der Waals surface area contributed by atoms with E-state index < -0.39 is 5.60 Å². The number of likely N-dealkylation sites (N-methyl/N-ethyl adjacent to an activating group) is 1. The van der Waals surface area contributed by atoms with Gasteiger partial charge in [0, 0.05) is 13.6 Å². The minimum atomic E-state index is -0.875. The van der Waals surface area contributed by atoms with Gasteiger partial charge in [-0.25, -0.2) is 4.79 Å². The normalized spacial score (nSPS) is 23.4. The predicted octanol–water partition coefficient (Wildman–Crippen LogP) is 1.99. The number of nitrogens with one attached hydrogen (secondary N) is 1. The van der Waals surface area contributed by atoms with Gasteiger partial charge in [0.15, 0.2) is 0 Å². The van der Waals surface area contributed by atoms with Crippen molar-refractivity contribution < 1.29 is 14.6 Å². The third kappa shape index (κ3) is 6.57. The van der Waals surface area contributed by atoms with Crippen LogP contribution in [0.15, 0.2) is 0 Å². The first-order valence-electron chi connectivity index (χ1n) is 7.62. The van der Waals surface area contributed by atoms with Crippen LogP contribution in [-0.2, 0) is 4.74 Å². The summed E-state index contributed by atoms with van der Waals surface area (Å²) in [5.74, 6) is 0.623. The molecule has 0 aliphatic heterocycles. The summed E-state index contributed by atoms with van der Waals surface area (Å²) in [4.78, 5) is 13.3. The van der Waals surface area contributed by atoms with E-state index in [1.807, 2.05) is 0 Å². The van der Waals surface area contributed by atoms with E-state index in [4.69, 9.17) is 4.74 Å². The van der Waals surface area contributed by atoms with Crippen LogP contribution >= 0.6 is 0 Å². The summed E-state index contributed by atoms with van der Waals surface area (Å²) in [6, 6.07) is -0.174. The molecule has 2 amide bonds. The zero-order valence-corrected chi connectivity index (χ0v) is 13.3. The maximum Gasteiger partial charge on any atom is 0.317 e. The molecule has 0 heterocycles. The van der Waals surface area contributed by atoms with Gasteiger partial charge >= 0.3 is 6.03 Å². The summed E-state index contributed by atoms with van der Waals surface area (Å²) < 4.78 is 5.84. The Kier molecular flexibility index (Phi) is 6.76. The molecule has 2 N–H and O–H groups in total. The second kappa shape index (κ2) is 7.84. The molecule has 0 aromatic heterocycles. The molecule has 1 aliphatic carbocycles. The van der Waals surface area contributed by atoms with Gasteiger partial charge in [0.2, 0.25) is 0 Å². The molecule has 5 heteroatoms. The molecule has 0 aromatic carbocycles. The Balaban J connectivity index is 2.15. The van der Waals surface area contributed by atoms with Gasteiger partial charge in [-0.15, -0.1) is 0 Å². The number of carbonyl (C=O) groups is 1. The Morgan fingerprint density at radius 2 is 2.05 bits per heavy atom. The van der Waals surface area contributed by atoms with Gasteiger partial charge in [0.25, 0.3) is 0 Å². The van der Waals surface area contributed by atoms with Crippen molar-refractivity contribution in [3.8, 4) is 0 Å². The number of aliphatic hydroxyl groups is 1. The number of ether oxygens (including phenoxy) is 1. The maximum absolute atomic E-state index is 11.8. The number of nitrogens with zero attached hydrogens (tertiary/aromatic N) is 1. The van der Waals surface area contributed by atoms with Crippen LogP contribution in [0.25, 0.3) is 0 Å². The summed E-state index contributed by atoms with van der Waals surface area (Å²) in [5, 5.41) is 12.5. The highest BCUT2D eigenvalue weighted by atomic mass is 16.5. The zero-order valence-electron chi connectivity index (χ0n) is 13.3. The van der Waals surface area contributed by atoms with Crippen LogP contribution in [0.2, 0.25) is 0 Å². The van der Waals surface area contributed by atoms with E-state index in [-0.39, 0.29) is 6.03 Å². The Labute approximate surface area is 122 Å². The van der Waals surface area contributed by atoms with E-state index >= 15 is 0 Å². The molecule has 5 nitrogen and oxygen atoms in total. The molecule has 1 rings (SSSR count). The number of amides is 2. The van der Waals surface area contributed by atoms with E-state index in [0.29, 0.717) is 31.7 Å². The number of hydrogen-bond acceptors (Lipinski definition) is 3. The van der Waals surface area contributed by atoms with Gasteiger partial charge in [-0.05, 0) is 32.6 Å². The smallest absolute Gasteiger partial charge is 0.317 e. The van der Waals surface area contributed by atoms with Crippen LogP contribution in [-0.4, -0.2) is 54.5 Å². The molecular weight excluding hydrogens is 256 g/mol. The molecule has 2 atom stereocenters. The molecule has 0 saturated heterocycles. The van der Waals surface area contributed by atoms with Crippen molar-refractivity contribution in [1.82, 2.24) is 10.2 Å². The topological polar surface area (TPSA) is 61.8 Å². The van der Waals surface area contributed by atoms with Crippen molar-refractivity contribution in [1.29, 1.82) is 0 Å². The molecule has 0 aromatic rings. The van der Waals surface area contributed by atoms with Crippen molar-refractivity contribution >= 4 is 6.03 Å². The molecule has 118 valence electrons. The Hall–Kier alpha value is -0.810. The molecule has 0 spiro atoms. The zero-order chi connectivity index (χ0) is 15.2. The molecule has 0 radical (unpaired) electrons. The van der Waals surface area contributed by atoms with Gasteiger partial charge in [0.05, 0.1) is 24.9 Å². The third-order valence-corrected chi connectivity index (χ3v) is 3.71. The van der Waals surface area contributed by atoms with Gasteiger partial charge in [-0.2, -0.15) is 0 Å². The minimum absolute atomic E-state index is 0.174. The molecular formula is C15H30N2O3. The molecule has 0 unspecified atom stereocenters. The predicted molar refractivity (Wildman–Crippen MR) is 79.7 cm³/mol. The monoisotopic (exact) mass is 286 g/mol. The minimum Gasteiger partial charge on any atom is -0.389 e. The Morgan fingerprint density at radius 3 is 2.65 bits per heavy atom. The van der Waals surface area contributed by atoms with Crippen molar-refractivity contribution in [2.75, 3.05) is 26.7 Å². The van der Waals surface area contributed by atoms with Crippen LogP contribution in [0.4, 0.5) is 4.79 Å². The quantitative estimate of drug-likeness (QED) is 0.734. The van der Waals surface area contributed by atoms with Gasteiger partial charge in [-0.1, -0.05) is 19.8 Å². The van der Waals surface area contributed by atoms with Crippen LogP contribution in [0.5, 0.6) is 0 Å². The fourth-order valence-corrected chi connectivity index (χ4v) is 2.69. The van der Waals surface area contributed by atoms with Gasteiger partial charge in [-0.3, -0.25) is 0 Å².